The van der Waals surface area contributed by atoms with Gasteiger partial charge in [0, 0.05) is 0 Å². The van der Waals surface area contributed by atoms with Gasteiger partial charge in [0.15, 0.2) is 0 Å². The van der Waals surface area contributed by atoms with Crippen molar-refractivity contribution in [2.24, 2.45) is 0 Å². The van der Waals surface area contributed by atoms with E-state index < -0.39 is 24.4 Å². The van der Waals surface area contributed by atoms with E-state index in [2.05, 4.69) is 19.9 Å². The van der Waals surface area contributed by atoms with Gasteiger partial charge in [-0.1, -0.05) is 0 Å². The largest absolute Gasteiger partial charge is 0.387 e. The molecule has 4 rings (SSSR count). The number of aromatic amines is 2. The fourth-order valence-corrected chi connectivity index (χ4v) is 3.56. The van der Waals surface area contributed by atoms with E-state index in [1.165, 1.54) is 0 Å². The van der Waals surface area contributed by atoms with E-state index in [4.69, 9.17) is 0 Å². The molecule has 0 aliphatic heterocycles. The summed E-state index contributed by atoms with van der Waals surface area (Å²) in [4.78, 5) is 14.6. The zero-order chi connectivity index (χ0) is 21.7. The summed E-state index contributed by atoms with van der Waals surface area (Å²) >= 11 is 0. The first kappa shape index (κ1) is 20.5. The second-order valence-corrected chi connectivity index (χ2v) is 8.02. The Balaban J connectivity index is 1.58. The minimum atomic E-state index is -1.68. The number of aromatic nitrogens is 4. The summed E-state index contributed by atoms with van der Waals surface area (Å²) in [5, 5.41) is 42.1. The van der Waals surface area contributed by atoms with Gasteiger partial charge in [0.1, 0.15) is 36.1 Å². The van der Waals surface area contributed by atoms with Crippen LogP contribution in [0.3, 0.4) is 0 Å². The van der Waals surface area contributed by atoms with Crippen molar-refractivity contribution in [2.75, 3.05) is 0 Å². The van der Waals surface area contributed by atoms with E-state index in [1.54, 1.807) is 0 Å². The van der Waals surface area contributed by atoms with Crippen molar-refractivity contribution in [3.8, 4) is 0 Å². The van der Waals surface area contributed by atoms with Gasteiger partial charge in [-0.25, -0.2) is 9.97 Å². The highest BCUT2D eigenvalue weighted by molar-refractivity contribution is 5.78. The lowest BCUT2D eigenvalue weighted by molar-refractivity contribution is -0.111. The van der Waals surface area contributed by atoms with Gasteiger partial charge in [0.25, 0.3) is 0 Å². The fraction of sp³-hybridized carbons (Fsp3) is 0.364. The van der Waals surface area contributed by atoms with Gasteiger partial charge in [-0.05, 0) is 74.2 Å². The quantitative estimate of drug-likeness (QED) is 0.298. The molecule has 8 heteroatoms. The third-order valence-corrected chi connectivity index (χ3v) is 5.79. The third kappa shape index (κ3) is 3.48. The molecule has 0 bridgehead atoms. The molecule has 0 spiro atoms. The molecule has 4 aromatic rings. The van der Waals surface area contributed by atoms with Crippen LogP contribution in [0.15, 0.2) is 24.3 Å². The van der Waals surface area contributed by atoms with Crippen molar-refractivity contribution >= 4 is 22.1 Å². The number of nitrogens with zero attached hydrogens (tertiary/aromatic N) is 2. The highest BCUT2D eigenvalue weighted by Gasteiger charge is 2.35. The second kappa shape index (κ2) is 7.48. The van der Waals surface area contributed by atoms with Crippen LogP contribution in [0.2, 0.25) is 0 Å². The Bertz CT molecular complexity index is 1060. The summed E-state index contributed by atoms with van der Waals surface area (Å²) in [6, 6.07) is 7.58. The second-order valence-electron chi connectivity index (χ2n) is 8.02. The van der Waals surface area contributed by atoms with E-state index in [-0.39, 0.29) is 11.6 Å². The molecule has 2 aromatic carbocycles. The van der Waals surface area contributed by atoms with Crippen LogP contribution in [0.25, 0.3) is 22.1 Å². The van der Waals surface area contributed by atoms with Crippen molar-refractivity contribution in [1.29, 1.82) is 0 Å². The summed E-state index contributed by atoms with van der Waals surface area (Å²) in [7, 11) is 0. The number of benzene rings is 2. The topological polar surface area (TPSA) is 138 Å². The molecule has 2 heterocycles. The molecule has 0 aliphatic rings. The molecule has 0 saturated carbocycles. The molecule has 0 amide bonds. The van der Waals surface area contributed by atoms with Crippen LogP contribution < -0.4 is 0 Å². The fourth-order valence-electron chi connectivity index (χ4n) is 3.56. The SMILES string of the molecule is Cc1cc2nc([C@@H](O)[C@@H](O)[C@H](O)[C@H](O)c3nc4cc(C)c(C)cc4[nH]3)[nH]c2cc1C. The van der Waals surface area contributed by atoms with Gasteiger partial charge in [-0.3, -0.25) is 0 Å². The van der Waals surface area contributed by atoms with E-state index in [0.29, 0.717) is 11.0 Å². The average Bonchev–Trinajstić information content (AvgIpc) is 3.30. The number of aliphatic hydroxyl groups is 4. The standard InChI is InChI=1S/C22H26N4O4/c1-9-5-13-14(6-10(9)2)24-21(23-13)19(29)17(27)18(28)20(30)22-25-15-7-11(3)12(4)8-16(15)26-22/h5-8,17-20,27-30H,1-4H3,(H,23,24)(H,25,26)/t17-,18-,19-,20-/m0/s1. The number of aliphatic hydroxyl groups excluding tert-OH is 4. The van der Waals surface area contributed by atoms with Gasteiger partial charge in [-0.15, -0.1) is 0 Å². The Morgan fingerprint density at radius 2 is 0.933 bits per heavy atom. The Morgan fingerprint density at radius 1 is 0.600 bits per heavy atom. The van der Waals surface area contributed by atoms with Crippen LogP contribution in [0.4, 0.5) is 0 Å². The lowest BCUT2D eigenvalue weighted by Crippen LogP contribution is -2.37. The first-order chi connectivity index (χ1) is 14.2. The summed E-state index contributed by atoms with van der Waals surface area (Å²) in [5.41, 5.74) is 6.99. The number of hydrogen-bond donors (Lipinski definition) is 6. The first-order valence-corrected chi connectivity index (χ1v) is 9.81. The van der Waals surface area contributed by atoms with E-state index in [1.807, 2.05) is 52.0 Å². The molecule has 4 atom stereocenters. The van der Waals surface area contributed by atoms with Crippen LogP contribution in [0.5, 0.6) is 0 Å². The summed E-state index contributed by atoms with van der Waals surface area (Å²) < 4.78 is 0. The highest BCUT2D eigenvalue weighted by atomic mass is 16.4. The molecule has 0 saturated heterocycles. The van der Waals surface area contributed by atoms with Crippen LogP contribution in [0, 0.1) is 27.7 Å². The van der Waals surface area contributed by atoms with Crippen LogP contribution in [-0.4, -0.2) is 52.6 Å². The molecule has 0 fully saturated rings. The zero-order valence-electron chi connectivity index (χ0n) is 17.3. The number of imidazole rings is 2. The number of aryl methyl sites for hydroxylation is 4. The van der Waals surface area contributed by atoms with Crippen molar-refractivity contribution in [3.63, 3.8) is 0 Å². The van der Waals surface area contributed by atoms with Crippen LogP contribution in [0.1, 0.15) is 46.1 Å². The molecule has 158 valence electrons. The molecule has 30 heavy (non-hydrogen) atoms. The minimum absolute atomic E-state index is 0.115. The lowest BCUT2D eigenvalue weighted by atomic mass is 10.0. The lowest BCUT2D eigenvalue weighted by Gasteiger charge is -2.24. The predicted molar refractivity (Wildman–Crippen MR) is 113 cm³/mol. The van der Waals surface area contributed by atoms with E-state index in [9.17, 15) is 20.4 Å². The number of H-pyrrole nitrogens is 2. The number of nitrogens with one attached hydrogen (secondary N) is 2. The van der Waals surface area contributed by atoms with Crippen molar-refractivity contribution in [1.82, 2.24) is 19.9 Å². The molecule has 0 radical (unpaired) electrons. The van der Waals surface area contributed by atoms with E-state index >= 15 is 0 Å². The Morgan fingerprint density at radius 3 is 1.30 bits per heavy atom. The normalized spacial score (nSPS) is 16.1. The first-order valence-electron chi connectivity index (χ1n) is 9.81. The molecular formula is C22H26N4O4. The molecule has 6 N–H and O–H groups in total. The number of rotatable bonds is 5. The van der Waals surface area contributed by atoms with Crippen LogP contribution >= 0.6 is 0 Å². The van der Waals surface area contributed by atoms with Gasteiger partial charge >= 0.3 is 0 Å². The zero-order valence-corrected chi connectivity index (χ0v) is 17.3. The average molecular weight is 410 g/mol. The monoisotopic (exact) mass is 410 g/mol. The predicted octanol–water partition coefficient (Wildman–Crippen LogP) is 2.16. The highest BCUT2D eigenvalue weighted by Crippen LogP contribution is 2.28. The number of hydrogen-bond acceptors (Lipinski definition) is 6. The Labute approximate surface area is 173 Å². The smallest absolute Gasteiger partial charge is 0.140 e. The summed E-state index contributed by atoms with van der Waals surface area (Å²) in [6.45, 7) is 7.86. The molecule has 0 aliphatic carbocycles. The van der Waals surface area contributed by atoms with Gasteiger partial charge in [-0.2, -0.15) is 0 Å². The van der Waals surface area contributed by atoms with Crippen molar-refractivity contribution in [3.05, 3.63) is 58.2 Å². The summed E-state index contributed by atoms with van der Waals surface area (Å²) in [5.74, 6) is 0.231. The molecule has 2 aromatic heterocycles. The third-order valence-electron chi connectivity index (χ3n) is 5.79. The van der Waals surface area contributed by atoms with Crippen molar-refractivity contribution in [2.45, 2.75) is 52.1 Å². The van der Waals surface area contributed by atoms with E-state index in [0.717, 1.165) is 33.3 Å². The molecule has 8 nitrogen and oxygen atoms in total. The maximum absolute atomic E-state index is 10.6. The Hall–Kier alpha value is -2.78. The molecular weight excluding hydrogens is 384 g/mol. The van der Waals surface area contributed by atoms with Crippen molar-refractivity contribution < 1.29 is 20.4 Å². The van der Waals surface area contributed by atoms with Crippen LogP contribution in [-0.2, 0) is 0 Å². The molecule has 0 unspecified atom stereocenters. The van der Waals surface area contributed by atoms with Gasteiger partial charge < -0.3 is 30.4 Å². The number of fused-ring (bicyclic) bond motifs is 2. The summed E-state index contributed by atoms with van der Waals surface area (Å²) in [6.07, 6.45) is -6.40. The van der Waals surface area contributed by atoms with Gasteiger partial charge in [0.2, 0.25) is 0 Å². The maximum atomic E-state index is 10.6. The van der Waals surface area contributed by atoms with Gasteiger partial charge in [0.05, 0.1) is 22.1 Å². The minimum Gasteiger partial charge on any atom is -0.387 e. The Kier molecular flexibility index (Phi) is 5.11. The maximum Gasteiger partial charge on any atom is 0.140 e.